The normalized spacial score (nSPS) is 16.8. The van der Waals surface area contributed by atoms with Crippen LogP contribution in [0.1, 0.15) is 33.3 Å². The van der Waals surface area contributed by atoms with Gasteiger partial charge >= 0.3 is 5.97 Å². The number of hydrogen-bond acceptors (Lipinski definition) is 6. The summed E-state index contributed by atoms with van der Waals surface area (Å²) in [5.74, 6) is 0.556. The van der Waals surface area contributed by atoms with Crippen LogP contribution in [0.2, 0.25) is 0 Å². The monoisotopic (exact) mass is 319 g/mol. The number of aromatic carboxylic acids is 1. The highest BCUT2D eigenvalue weighted by Crippen LogP contribution is 2.17. The van der Waals surface area contributed by atoms with Crippen molar-refractivity contribution in [2.75, 3.05) is 26.2 Å². The highest BCUT2D eigenvalue weighted by atomic mass is 16.5. The van der Waals surface area contributed by atoms with Gasteiger partial charge in [0.25, 0.3) is 0 Å². The number of rotatable bonds is 5. The summed E-state index contributed by atoms with van der Waals surface area (Å²) < 4.78 is 10.5. The van der Waals surface area contributed by atoms with Crippen molar-refractivity contribution < 1.29 is 18.8 Å². The van der Waals surface area contributed by atoms with E-state index < -0.39 is 5.97 Å². The van der Waals surface area contributed by atoms with Crippen molar-refractivity contribution in [2.24, 2.45) is 0 Å². The molecular weight excluding hydrogens is 298 g/mol. The fraction of sp³-hybridized carbons (Fsp3) is 0.500. The lowest BCUT2D eigenvalue weighted by atomic mass is 10.2. The van der Waals surface area contributed by atoms with Gasteiger partial charge in [-0.1, -0.05) is 5.16 Å². The molecule has 0 bridgehead atoms. The zero-order chi connectivity index (χ0) is 16.4. The third-order valence-corrected chi connectivity index (χ3v) is 4.28. The first-order valence-corrected chi connectivity index (χ1v) is 7.71. The zero-order valence-electron chi connectivity index (χ0n) is 13.4. The van der Waals surface area contributed by atoms with E-state index in [1.54, 1.807) is 6.07 Å². The zero-order valence-corrected chi connectivity index (χ0v) is 13.4. The average Bonchev–Trinajstić information content (AvgIpc) is 3.11. The van der Waals surface area contributed by atoms with Gasteiger partial charge in [0.15, 0.2) is 0 Å². The third kappa shape index (κ3) is 3.62. The number of carboxylic acids is 1. The molecule has 23 heavy (non-hydrogen) atoms. The van der Waals surface area contributed by atoms with E-state index in [0.29, 0.717) is 12.3 Å². The molecule has 0 saturated carbocycles. The maximum Gasteiger partial charge on any atom is 0.371 e. The van der Waals surface area contributed by atoms with Crippen LogP contribution in [0.25, 0.3) is 0 Å². The summed E-state index contributed by atoms with van der Waals surface area (Å²) in [4.78, 5) is 15.5. The summed E-state index contributed by atoms with van der Waals surface area (Å²) in [6.45, 7) is 9.18. The maximum absolute atomic E-state index is 10.8. The van der Waals surface area contributed by atoms with Crippen LogP contribution in [-0.4, -0.2) is 52.2 Å². The predicted octanol–water partition coefficient (Wildman–Crippen LogP) is 1.90. The average molecular weight is 319 g/mol. The molecule has 1 aliphatic heterocycles. The summed E-state index contributed by atoms with van der Waals surface area (Å²) in [7, 11) is 0. The minimum Gasteiger partial charge on any atom is -0.475 e. The van der Waals surface area contributed by atoms with Crippen molar-refractivity contribution in [2.45, 2.75) is 26.9 Å². The lowest BCUT2D eigenvalue weighted by molar-refractivity contribution is 0.0655. The molecule has 0 unspecified atom stereocenters. The topological polar surface area (TPSA) is 83.0 Å². The van der Waals surface area contributed by atoms with Crippen molar-refractivity contribution in [3.05, 3.63) is 40.7 Å². The Morgan fingerprint density at radius 2 is 1.83 bits per heavy atom. The Labute approximate surface area is 134 Å². The van der Waals surface area contributed by atoms with Gasteiger partial charge in [-0.3, -0.25) is 9.80 Å². The molecule has 0 aliphatic carbocycles. The molecule has 0 amide bonds. The highest BCUT2D eigenvalue weighted by molar-refractivity contribution is 5.84. The molecular formula is C16H21N3O4. The molecule has 0 atom stereocenters. The minimum atomic E-state index is -1.03. The SMILES string of the molecule is Cc1noc(C)c1CN1CCN(Cc2ccc(C(=O)O)o2)CC1. The number of furan rings is 1. The van der Waals surface area contributed by atoms with Gasteiger partial charge in [0.05, 0.1) is 12.2 Å². The third-order valence-electron chi connectivity index (χ3n) is 4.28. The second kappa shape index (κ2) is 6.55. The molecule has 2 aromatic rings. The Morgan fingerprint density at radius 1 is 1.17 bits per heavy atom. The molecule has 1 fully saturated rings. The predicted molar refractivity (Wildman–Crippen MR) is 82.2 cm³/mol. The summed E-state index contributed by atoms with van der Waals surface area (Å²) in [6.07, 6.45) is 0. The van der Waals surface area contributed by atoms with Crippen LogP contribution in [0.15, 0.2) is 21.1 Å². The summed E-state index contributed by atoms with van der Waals surface area (Å²) in [5, 5.41) is 12.9. The standard InChI is InChI=1S/C16H21N3O4/c1-11-14(12(2)23-17-11)10-19-7-5-18(6-8-19)9-13-3-4-15(22-13)16(20)21/h3-4H,5-10H2,1-2H3,(H,20,21). The first kappa shape index (κ1) is 15.8. The number of piperazine rings is 1. The van der Waals surface area contributed by atoms with Gasteiger partial charge in [-0.15, -0.1) is 0 Å². The van der Waals surface area contributed by atoms with Crippen LogP contribution in [0.5, 0.6) is 0 Å². The summed E-state index contributed by atoms with van der Waals surface area (Å²) in [5.41, 5.74) is 2.14. The number of aryl methyl sites for hydroxylation is 2. The molecule has 0 radical (unpaired) electrons. The van der Waals surface area contributed by atoms with E-state index >= 15 is 0 Å². The Hall–Kier alpha value is -2.12. The molecule has 1 aliphatic rings. The van der Waals surface area contributed by atoms with Crippen LogP contribution in [0.4, 0.5) is 0 Å². The highest BCUT2D eigenvalue weighted by Gasteiger charge is 2.21. The molecule has 7 heteroatoms. The van der Waals surface area contributed by atoms with E-state index in [-0.39, 0.29) is 5.76 Å². The van der Waals surface area contributed by atoms with Crippen molar-refractivity contribution >= 4 is 5.97 Å². The van der Waals surface area contributed by atoms with Crippen molar-refractivity contribution in [1.29, 1.82) is 0 Å². The quantitative estimate of drug-likeness (QED) is 0.901. The van der Waals surface area contributed by atoms with Gasteiger partial charge in [0.2, 0.25) is 5.76 Å². The number of aromatic nitrogens is 1. The van der Waals surface area contributed by atoms with Crippen molar-refractivity contribution in [1.82, 2.24) is 15.0 Å². The maximum atomic E-state index is 10.8. The van der Waals surface area contributed by atoms with Crippen LogP contribution >= 0.6 is 0 Å². The fourth-order valence-electron chi connectivity index (χ4n) is 2.85. The van der Waals surface area contributed by atoms with Crippen LogP contribution < -0.4 is 0 Å². The lowest BCUT2D eigenvalue weighted by Gasteiger charge is -2.34. The fourth-order valence-corrected chi connectivity index (χ4v) is 2.85. The summed E-state index contributed by atoms with van der Waals surface area (Å²) >= 11 is 0. The molecule has 7 nitrogen and oxygen atoms in total. The summed E-state index contributed by atoms with van der Waals surface area (Å²) in [6, 6.07) is 3.24. The van der Waals surface area contributed by atoms with Gasteiger partial charge in [0.1, 0.15) is 11.5 Å². The number of nitrogens with zero attached hydrogens (tertiary/aromatic N) is 3. The van der Waals surface area contributed by atoms with Crippen molar-refractivity contribution in [3.8, 4) is 0 Å². The Morgan fingerprint density at radius 3 is 2.35 bits per heavy atom. The smallest absolute Gasteiger partial charge is 0.371 e. The largest absolute Gasteiger partial charge is 0.475 e. The Bertz CT molecular complexity index is 664. The minimum absolute atomic E-state index is 0.00274. The number of carbonyl (C=O) groups is 1. The molecule has 2 aromatic heterocycles. The van der Waals surface area contributed by atoms with Crippen LogP contribution in [-0.2, 0) is 13.1 Å². The molecule has 0 aromatic carbocycles. The van der Waals surface area contributed by atoms with E-state index in [2.05, 4.69) is 15.0 Å². The van der Waals surface area contributed by atoms with Crippen LogP contribution in [0.3, 0.4) is 0 Å². The van der Waals surface area contributed by atoms with Gasteiger partial charge in [-0.05, 0) is 26.0 Å². The first-order valence-electron chi connectivity index (χ1n) is 7.71. The van der Waals surface area contributed by atoms with E-state index in [9.17, 15) is 4.79 Å². The molecule has 1 saturated heterocycles. The molecule has 3 heterocycles. The number of hydrogen-bond donors (Lipinski definition) is 1. The second-order valence-corrected chi connectivity index (χ2v) is 5.93. The van der Waals surface area contributed by atoms with E-state index in [4.69, 9.17) is 14.0 Å². The first-order chi connectivity index (χ1) is 11.0. The van der Waals surface area contributed by atoms with Gasteiger partial charge in [-0.25, -0.2) is 4.79 Å². The van der Waals surface area contributed by atoms with E-state index in [1.807, 2.05) is 13.8 Å². The number of carboxylic acid groups (broad SMARTS) is 1. The lowest BCUT2D eigenvalue weighted by Crippen LogP contribution is -2.45. The molecule has 124 valence electrons. The van der Waals surface area contributed by atoms with E-state index in [0.717, 1.165) is 44.2 Å². The van der Waals surface area contributed by atoms with Gasteiger partial charge in [0, 0.05) is 38.3 Å². The molecule has 0 spiro atoms. The molecule has 3 rings (SSSR count). The van der Waals surface area contributed by atoms with Gasteiger partial charge < -0.3 is 14.0 Å². The van der Waals surface area contributed by atoms with Crippen LogP contribution in [0, 0.1) is 13.8 Å². The molecule has 1 N–H and O–H groups in total. The Balaban J connectivity index is 1.51. The van der Waals surface area contributed by atoms with E-state index in [1.165, 1.54) is 11.6 Å². The van der Waals surface area contributed by atoms with Crippen molar-refractivity contribution in [3.63, 3.8) is 0 Å². The second-order valence-electron chi connectivity index (χ2n) is 5.93. The van der Waals surface area contributed by atoms with Gasteiger partial charge in [-0.2, -0.15) is 0 Å². The Kier molecular flexibility index (Phi) is 4.49.